The highest BCUT2D eigenvalue weighted by Gasteiger charge is 2.35. The van der Waals surface area contributed by atoms with Crippen molar-refractivity contribution < 1.29 is 18.4 Å². The molecule has 1 saturated heterocycles. The van der Waals surface area contributed by atoms with Crippen molar-refractivity contribution >= 4 is 40.9 Å². The molecule has 0 unspecified atom stereocenters. The zero-order valence-electron chi connectivity index (χ0n) is 11.1. The van der Waals surface area contributed by atoms with E-state index in [1.807, 2.05) is 0 Å². The lowest BCUT2D eigenvalue weighted by Gasteiger charge is -2.28. The number of furan rings is 1. The molecule has 2 amide bonds. The highest BCUT2D eigenvalue weighted by atomic mass is 32.1. The Labute approximate surface area is 130 Å². The highest BCUT2D eigenvalue weighted by Crippen LogP contribution is 2.24. The molecule has 1 aliphatic heterocycles. The van der Waals surface area contributed by atoms with Gasteiger partial charge in [0, 0.05) is 0 Å². The van der Waals surface area contributed by atoms with E-state index in [-0.39, 0.29) is 16.4 Å². The second-order valence-corrected chi connectivity index (χ2v) is 4.81. The number of benzene rings is 1. The molecule has 5 nitrogen and oxygen atoms in total. The summed E-state index contributed by atoms with van der Waals surface area (Å²) in [6, 6.07) is 8.89. The average Bonchev–Trinajstić information content (AvgIpc) is 2.98. The molecule has 0 aliphatic carbocycles. The first-order chi connectivity index (χ1) is 10.6. The zero-order chi connectivity index (χ0) is 15.7. The summed E-state index contributed by atoms with van der Waals surface area (Å²) in [6.07, 6.45) is 2.70. The van der Waals surface area contributed by atoms with Crippen molar-refractivity contribution in [3.8, 4) is 0 Å². The number of carbonyl (C=O) groups is 2. The van der Waals surface area contributed by atoms with Crippen molar-refractivity contribution in [3.63, 3.8) is 0 Å². The lowest BCUT2D eigenvalue weighted by molar-refractivity contribution is -0.122. The Morgan fingerprint density at radius 1 is 1.18 bits per heavy atom. The highest BCUT2D eigenvalue weighted by molar-refractivity contribution is 7.80. The number of amides is 2. The number of nitrogens with one attached hydrogen (secondary N) is 1. The maximum absolute atomic E-state index is 13.9. The van der Waals surface area contributed by atoms with Gasteiger partial charge in [-0.05, 0) is 42.6 Å². The lowest BCUT2D eigenvalue weighted by atomic mass is 10.1. The van der Waals surface area contributed by atoms with Crippen molar-refractivity contribution in [2.24, 2.45) is 0 Å². The Hall–Kier alpha value is -2.80. The largest absolute Gasteiger partial charge is 0.465 e. The smallest absolute Gasteiger partial charge is 0.270 e. The van der Waals surface area contributed by atoms with Crippen LogP contribution in [0.15, 0.2) is 52.7 Å². The van der Waals surface area contributed by atoms with Gasteiger partial charge in [-0.3, -0.25) is 14.9 Å². The predicted octanol–water partition coefficient (Wildman–Crippen LogP) is 2.25. The molecule has 2 heterocycles. The summed E-state index contributed by atoms with van der Waals surface area (Å²) < 4.78 is 19.0. The molecule has 0 saturated carbocycles. The quantitative estimate of drug-likeness (QED) is 0.524. The Morgan fingerprint density at radius 2 is 1.95 bits per heavy atom. The van der Waals surface area contributed by atoms with Gasteiger partial charge in [-0.15, -0.1) is 0 Å². The van der Waals surface area contributed by atoms with Crippen LogP contribution in [0.1, 0.15) is 5.76 Å². The molecule has 2 aromatic rings. The normalized spacial score (nSPS) is 17.0. The average molecular weight is 316 g/mol. The fourth-order valence-electron chi connectivity index (χ4n) is 2.02. The molecular formula is C15H9FN2O3S. The van der Waals surface area contributed by atoms with Gasteiger partial charge >= 0.3 is 0 Å². The molecule has 1 aromatic carbocycles. The Morgan fingerprint density at radius 3 is 2.64 bits per heavy atom. The number of halogens is 1. The van der Waals surface area contributed by atoms with Gasteiger partial charge in [0.1, 0.15) is 17.2 Å². The first kappa shape index (κ1) is 14.2. The summed E-state index contributed by atoms with van der Waals surface area (Å²) in [4.78, 5) is 25.4. The van der Waals surface area contributed by atoms with E-state index in [4.69, 9.17) is 16.6 Å². The van der Waals surface area contributed by atoms with Crippen molar-refractivity contribution in [3.05, 3.63) is 59.8 Å². The van der Waals surface area contributed by atoms with E-state index in [1.54, 1.807) is 18.2 Å². The molecule has 1 aliphatic rings. The molecular weight excluding hydrogens is 307 g/mol. The molecule has 1 fully saturated rings. The lowest BCUT2D eigenvalue weighted by Crippen LogP contribution is -2.54. The molecule has 0 atom stereocenters. The fourth-order valence-corrected chi connectivity index (χ4v) is 2.30. The van der Waals surface area contributed by atoms with Gasteiger partial charge in [0.25, 0.3) is 11.8 Å². The van der Waals surface area contributed by atoms with Crippen LogP contribution in [0.25, 0.3) is 6.08 Å². The Kier molecular flexibility index (Phi) is 3.56. The first-order valence-electron chi connectivity index (χ1n) is 6.27. The van der Waals surface area contributed by atoms with Crippen LogP contribution < -0.4 is 10.2 Å². The van der Waals surface area contributed by atoms with Gasteiger partial charge in [0.05, 0.1) is 12.0 Å². The van der Waals surface area contributed by atoms with E-state index >= 15 is 0 Å². The monoisotopic (exact) mass is 316 g/mol. The molecule has 0 spiro atoms. The van der Waals surface area contributed by atoms with Crippen molar-refractivity contribution in [2.75, 3.05) is 4.90 Å². The minimum Gasteiger partial charge on any atom is -0.465 e. The summed E-state index contributed by atoms with van der Waals surface area (Å²) >= 11 is 4.98. The van der Waals surface area contributed by atoms with E-state index in [1.165, 1.54) is 30.5 Å². The summed E-state index contributed by atoms with van der Waals surface area (Å²) in [5.74, 6) is -1.65. The minimum absolute atomic E-state index is 0.0251. The van der Waals surface area contributed by atoms with Crippen LogP contribution in [0.3, 0.4) is 0 Å². The number of hydrogen-bond donors (Lipinski definition) is 1. The van der Waals surface area contributed by atoms with E-state index in [2.05, 4.69) is 5.32 Å². The van der Waals surface area contributed by atoms with E-state index < -0.39 is 17.6 Å². The maximum atomic E-state index is 13.9. The number of carbonyl (C=O) groups excluding carboxylic acids is 2. The van der Waals surface area contributed by atoms with Gasteiger partial charge in [-0.2, -0.15) is 0 Å². The van der Waals surface area contributed by atoms with Gasteiger partial charge < -0.3 is 4.42 Å². The molecule has 110 valence electrons. The van der Waals surface area contributed by atoms with Gasteiger partial charge in [0.2, 0.25) is 0 Å². The van der Waals surface area contributed by atoms with Crippen LogP contribution in [0.2, 0.25) is 0 Å². The first-order valence-corrected chi connectivity index (χ1v) is 6.68. The molecule has 0 bridgehead atoms. The molecule has 22 heavy (non-hydrogen) atoms. The van der Waals surface area contributed by atoms with Crippen LogP contribution in [0.5, 0.6) is 0 Å². The second kappa shape index (κ2) is 5.53. The van der Waals surface area contributed by atoms with E-state index in [9.17, 15) is 14.0 Å². The number of hydrogen-bond acceptors (Lipinski definition) is 4. The topological polar surface area (TPSA) is 62.6 Å². The number of para-hydroxylation sites is 1. The standard InChI is InChI=1S/C15H9FN2O3S/c16-11-5-1-2-6-12(11)18-14(20)10(13(19)17-15(18)22)8-9-4-3-7-21-9/h1-8H,(H,17,19,22)/b10-8+. The SMILES string of the molecule is O=C1NC(=S)N(c2ccccc2F)C(=O)/C1=C/c1ccco1. The third-order valence-electron chi connectivity index (χ3n) is 3.02. The Bertz CT molecular complexity index is 799. The molecule has 3 rings (SSSR count). The van der Waals surface area contributed by atoms with Crippen molar-refractivity contribution in [2.45, 2.75) is 0 Å². The summed E-state index contributed by atoms with van der Waals surface area (Å²) in [7, 11) is 0. The number of nitrogens with zero attached hydrogens (tertiary/aromatic N) is 1. The molecule has 1 aromatic heterocycles. The summed E-state index contributed by atoms with van der Waals surface area (Å²) in [5.41, 5.74) is -0.213. The summed E-state index contributed by atoms with van der Waals surface area (Å²) in [6.45, 7) is 0. The van der Waals surface area contributed by atoms with E-state index in [0.717, 1.165) is 4.90 Å². The van der Waals surface area contributed by atoms with Crippen LogP contribution in [0, 0.1) is 5.82 Å². The van der Waals surface area contributed by atoms with Gasteiger partial charge in [-0.1, -0.05) is 12.1 Å². The van der Waals surface area contributed by atoms with Crippen molar-refractivity contribution in [1.29, 1.82) is 0 Å². The number of thiocarbonyl (C=S) groups is 1. The molecule has 7 heteroatoms. The number of rotatable bonds is 2. The fraction of sp³-hybridized carbons (Fsp3) is 0. The number of anilines is 1. The minimum atomic E-state index is -0.713. The zero-order valence-corrected chi connectivity index (χ0v) is 11.9. The summed E-state index contributed by atoms with van der Waals surface area (Å²) in [5, 5.41) is 2.20. The van der Waals surface area contributed by atoms with Gasteiger partial charge in [-0.25, -0.2) is 9.29 Å². The van der Waals surface area contributed by atoms with Gasteiger partial charge in [0.15, 0.2) is 5.11 Å². The van der Waals surface area contributed by atoms with E-state index in [0.29, 0.717) is 5.76 Å². The molecule has 0 radical (unpaired) electrons. The van der Waals surface area contributed by atoms with Crippen LogP contribution in [-0.2, 0) is 9.59 Å². The third-order valence-corrected chi connectivity index (χ3v) is 3.31. The third kappa shape index (κ3) is 2.42. The van der Waals surface area contributed by atoms with Crippen LogP contribution in [-0.4, -0.2) is 16.9 Å². The second-order valence-electron chi connectivity index (χ2n) is 4.42. The van der Waals surface area contributed by atoms with Crippen molar-refractivity contribution in [1.82, 2.24) is 5.32 Å². The van der Waals surface area contributed by atoms with Crippen LogP contribution in [0.4, 0.5) is 10.1 Å². The molecule has 1 N–H and O–H groups in total. The maximum Gasteiger partial charge on any atom is 0.270 e. The van der Waals surface area contributed by atoms with Crippen LogP contribution >= 0.6 is 12.2 Å². The predicted molar refractivity (Wildman–Crippen MR) is 81.3 cm³/mol. The Balaban J connectivity index is 2.05.